The summed E-state index contributed by atoms with van der Waals surface area (Å²) in [7, 11) is 1.31. The van der Waals surface area contributed by atoms with Gasteiger partial charge in [-0.25, -0.2) is 19.9 Å². The molecule has 3 aromatic heterocycles. The van der Waals surface area contributed by atoms with Crippen LogP contribution in [0.15, 0.2) is 36.8 Å². The molecule has 0 fully saturated rings. The number of ether oxygens (including phenoxy) is 1. The highest BCUT2D eigenvalue weighted by atomic mass is 19.4. The van der Waals surface area contributed by atoms with E-state index in [-0.39, 0.29) is 18.1 Å². The molecule has 1 atom stereocenters. The Balaban J connectivity index is 1.86. The lowest BCUT2D eigenvalue weighted by Gasteiger charge is -2.27. The number of halogens is 3. The quantitative estimate of drug-likeness (QED) is 0.321. The summed E-state index contributed by atoms with van der Waals surface area (Å²) < 4.78 is 46.0. The van der Waals surface area contributed by atoms with Gasteiger partial charge in [-0.3, -0.25) is 4.79 Å². The van der Waals surface area contributed by atoms with Crippen LogP contribution in [0.1, 0.15) is 61.9 Å². The number of hydrogen-bond donors (Lipinski definition) is 1. The summed E-state index contributed by atoms with van der Waals surface area (Å²) in [6.07, 6.45) is 2.08. The summed E-state index contributed by atoms with van der Waals surface area (Å²) >= 11 is 0. The summed E-state index contributed by atoms with van der Waals surface area (Å²) in [6.45, 7) is 7.56. The summed E-state index contributed by atoms with van der Waals surface area (Å²) in [5.41, 5.74) is 1.36. The van der Waals surface area contributed by atoms with Gasteiger partial charge in [0, 0.05) is 36.8 Å². The second kappa shape index (κ2) is 12.7. The van der Waals surface area contributed by atoms with Crippen LogP contribution < -0.4 is 10.1 Å². The molecule has 0 aromatic carbocycles. The number of anilines is 1. The van der Waals surface area contributed by atoms with Crippen LogP contribution in [0.2, 0.25) is 0 Å². The molecule has 0 aliphatic rings. The van der Waals surface area contributed by atoms with E-state index in [1.807, 2.05) is 13.0 Å². The van der Waals surface area contributed by atoms with E-state index in [1.54, 1.807) is 25.4 Å². The Labute approximate surface area is 220 Å². The Kier molecular flexibility index (Phi) is 9.60. The zero-order valence-electron chi connectivity index (χ0n) is 22.3. The molecule has 1 amide bonds. The first-order chi connectivity index (χ1) is 18.1. The van der Waals surface area contributed by atoms with E-state index in [2.05, 4.69) is 27.2 Å². The van der Waals surface area contributed by atoms with Gasteiger partial charge in [0.25, 0.3) is 0 Å². The lowest BCUT2D eigenvalue weighted by molar-refractivity contribution is -0.139. The Morgan fingerprint density at radius 1 is 1.16 bits per heavy atom. The van der Waals surface area contributed by atoms with E-state index in [1.165, 1.54) is 25.0 Å². The minimum atomic E-state index is -4.65. The molecule has 0 aliphatic carbocycles. The molecule has 3 heterocycles. The number of aromatic nitrogens is 4. The maximum Gasteiger partial charge on any atom is 0.418 e. The van der Waals surface area contributed by atoms with Crippen LogP contribution in [0, 0.1) is 6.92 Å². The van der Waals surface area contributed by atoms with Crippen molar-refractivity contribution in [3.8, 4) is 17.3 Å². The van der Waals surface area contributed by atoms with Crippen LogP contribution in [0.5, 0.6) is 5.88 Å². The lowest BCUT2D eigenvalue weighted by Crippen LogP contribution is -2.38. The molecule has 0 spiro atoms. The van der Waals surface area contributed by atoms with E-state index in [4.69, 9.17) is 9.72 Å². The van der Waals surface area contributed by atoms with Gasteiger partial charge in [0.1, 0.15) is 5.82 Å². The first kappa shape index (κ1) is 28.8. The monoisotopic (exact) mass is 530 g/mol. The average molecular weight is 531 g/mol. The second-order valence-corrected chi connectivity index (χ2v) is 8.87. The summed E-state index contributed by atoms with van der Waals surface area (Å²) in [5.74, 6) is -0.320. The predicted octanol–water partition coefficient (Wildman–Crippen LogP) is 5.63. The van der Waals surface area contributed by atoms with Gasteiger partial charge in [0.2, 0.25) is 11.8 Å². The van der Waals surface area contributed by atoms with Crippen molar-refractivity contribution in [2.45, 2.75) is 59.1 Å². The number of nitrogens with one attached hydrogen (secondary N) is 1. The van der Waals surface area contributed by atoms with Crippen molar-refractivity contribution in [2.24, 2.45) is 0 Å². The zero-order chi connectivity index (χ0) is 27.9. The van der Waals surface area contributed by atoms with E-state index in [9.17, 15) is 18.0 Å². The molecular formula is C27H33F3N6O2. The number of nitrogens with zero attached hydrogens (tertiary/aromatic N) is 5. The number of amides is 1. The number of alkyl halides is 3. The van der Waals surface area contributed by atoms with E-state index in [0.717, 1.165) is 36.1 Å². The van der Waals surface area contributed by atoms with Crippen LogP contribution >= 0.6 is 0 Å². The number of unbranched alkanes of at least 4 members (excludes halogenated alkanes) is 1. The van der Waals surface area contributed by atoms with Gasteiger partial charge in [-0.05, 0) is 56.9 Å². The lowest BCUT2D eigenvalue weighted by atomic mass is 9.95. The van der Waals surface area contributed by atoms with Gasteiger partial charge >= 0.3 is 6.18 Å². The molecular weight excluding hydrogens is 497 g/mol. The molecule has 0 aliphatic heterocycles. The molecule has 0 unspecified atom stereocenters. The number of hydrogen-bond acceptors (Lipinski definition) is 7. The van der Waals surface area contributed by atoms with Gasteiger partial charge in [0.05, 0.1) is 31.0 Å². The maximum atomic E-state index is 13.7. The summed E-state index contributed by atoms with van der Waals surface area (Å²) in [6, 6.07) is 4.93. The van der Waals surface area contributed by atoms with Crippen LogP contribution in [0.3, 0.4) is 0 Å². The van der Waals surface area contributed by atoms with E-state index < -0.39 is 23.6 Å². The molecule has 8 nitrogen and oxygen atoms in total. The number of methoxy groups -OCH3 is 1. The summed E-state index contributed by atoms with van der Waals surface area (Å²) in [5, 5.41) is 3.24. The van der Waals surface area contributed by atoms with Crippen molar-refractivity contribution < 1.29 is 22.7 Å². The van der Waals surface area contributed by atoms with Gasteiger partial charge in [0.15, 0.2) is 5.82 Å². The smallest absolute Gasteiger partial charge is 0.418 e. The minimum Gasteiger partial charge on any atom is -0.481 e. The fourth-order valence-electron chi connectivity index (χ4n) is 4.10. The third kappa shape index (κ3) is 6.76. The first-order valence-electron chi connectivity index (χ1n) is 12.5. The molecule has 204 valence electrons. The van der Waals surface area contributed by atoms with Crippen molar-refractivity contribution in [3.63, 3.8) is 0 Å². The van der Waals surface area contributed by atoms with Crippen LogP contribution in [-0.4, -0.2) is 51.1 Å². The van der Waals surface area contributed by atoms with Crippen LogP contribution in [0.25, 0.3) is 11.4 Å². The molecule has 38 heavy (non-hydrogen) atoms. The van der Waals surface area contributed by atoms with Gasteiger partial charge in [-0.2, -0.15) is 13.2 Å². The van der Waals surface area contributed by atoms with Crippen molar-refractivity contribution in [3.05, 3.63) is 59.2 Å². The Bertz CT molecular complexity index is 1240. The first-order valence-corrected chi connectivity index (χ1v) is 12.5. The fraction of sp³-hybridized carbons (Fsp3) is 0.444. The highest BCUT2D eigenvalue weighted by Gasteiger charge is 2.37. The van der Waals surface area contributed by atoms with E-state index in [0.29, 0.717) is 24.4 Å². The fourth-order valence-corrected chi connectivity index (χ4v) is 4.10. The van der Waals surface area contributed by atoms with Crippen molar-refractivity contribution in [1.29, 1.82) is 0 Å². The zero-order valence-corrected chi connectivity index (χ0v) is 22.3. The van der Waals surface area contributed by atoms with E-state index >= 15 is 0 Å². The maximum absolute atomic E-state index is 13.7. The topological polar surface area (TPSA) is 93.1 Å². The normalized spacial score (nSPS) is 12.2. The molecule has 0 bridgehead atoms. The second-order valence-electron chi connectivity index (χ2n) is 8.87. The van der Waals surface area contributed by atoms with Gasteiger partial charge < -0.3 is 15.0 Å². The Hall–Kier alpha value is -3.76. The molecule has 0 saturated heterocycles. The minimum absolute atomic E-state index is 0.0107. The molecule has 3 rings (SSSR count). The van der Waals surface area contributed by atoms with Crippen LogP contribution in [-0.2, 0) is 17.4 Å². The van der Waals surface area contributed by atoms with Crippen molar-refractivity contribution in [1.82, 2.24) is 24.8 Å². The molecule has 1 N–H and O–H groups in total. The molecule has 0 saturated carbocycles. The predicted molar refractivity (Wildman–Crippen MR) is 139 cm³/mol. The van der Waals surface area contributed by atoms with Crippen molar-refractivity contribution >= 4 is 11.7 Å². The highest BCUT2D eigenvalue weighted by molar-refractivity contribution is 5.84. The number of carbonyl (C=O) groups is 1. The average Bonchev–Trinajstić information content (AvgIpc) is 2.91. The molecule has 11 heteroatoms. The number of aryl methyl sites for hydroxylation is 2. The number of rotatable bonds is 11. The largest absolute Gasteiger partial charge is 0.481 e. The van der Waals surface area contributed by atoms with Gasteiger partial charge in [-0.15, -0.1) is 0 Å². The summed E-state index contributed by atoms with van der Waals surface area (Å²) in [4.78, 5) is 31.9. The number of pyridine rings is 2. The number of carbonyl (C=O) groups excluding carboxylic acids is 1. The van der Waals surface area contributed by atoms with Crippen molar-refractivity contribution in [2.75, 3.05) is 25.6 Å². The van der Waals surface area contributed by atoms with Crippen LogP contribution in [0.4, 0.5) is 19.0 Å². The number of likely N-dealkylation sites (N-methyl/N-ethyl adjacent to an activating group) is 1. The Morgan fingerprint density at radius 2 is 1.87 bits per heavy atom. The third-order valence-electron chi connectivity index (χ3n) is 6.29. The molecule has 3 aromatic rings. The highest BCUT2D eigenvalue weighted by Crippen LogP contribution is 2.36. The third-order valence-corrected chi connectivity index (χ3v) is 6.29. The Morgan fingerprint density at radius 3 is 2.47 bits per heavy atom. The molecule has 0 radical (unpaired) electrons. The van der Waals surface area contributed by atoms with Gasteiger partial charge in [-0.1, -0.05) is 13.3 Å². The standard InChI is InChI=1S/C27H33F3N6O2/c1-6-8-10-19-13-21(25-31-11-9-12-32-25)18(4)35-24(19)34-16-36(7-2)26(37)17(3)20-14-23(38-5)33-15-22(20)27(28,29)30/h9,11-15,17H,6-8,10,16H2,1-5H3,(H,34,35)/t17-/m1/s1. The SMILES string of the molecule is CCCCc1cc(-c2ncccn2)c(C)nc1NCN(CC)C(=O)[C@H](C)c1cc(OC)ncc1C(F)(F)F.